The Labute approximate surface area is 180 Å². The fraction of sp³-hybridized carbons (Fsp3) is 0.240. The molecule has 5 rings (SSSR count). The van der Waals surface area contributed by atoms with Crippen LogP contribution in [0.3, 0.4) is 0 Å². The molecule has 2 unspecified atom stereocenters. The van der Waals surface area contributed by atoms with Crippen LogP contribution in [0.4, 0.5) is 10.5 Å². The minimum absolute atomic E-state index is 0.0162. The number of hydrogen-bond acceptors (Lipinski definition) is 3. The van der Waals surface area contributed by atoms with Crippen LogP contribution in [0.1, 0.15) is 25.0 Å². The van der Waals surface area contributed by atoms with Gasteiger partial charge in [-0.15, -0.1) is 0 Å². The second-order valence-corrected chi connectivity index (χ2v) is 8.45. The Morgan fingerprint density at radius 2 is 1.74 bits per heavy atom. The summed E-state index contributed by atoms with van der Waals surface area (Å²) in [4.78, 5) is 41.9. The highest BCUT2D eigenvalue weighted by Crippen LogP contribution is 2.34. The van der Waals surface area contributed by atoms with Crippen LogP contribution in [-0.2, 0) is 21.5 Å². The van der Waals surface area contributed by atoms with Gasteiger partial charge in [-0.25, -0.2) is 4.79 Å². The van der Waals surface area contributed by atoms with Gasteiger partial charge in [-0.1, -0.05) is 54.6 Å². The molecule has 1 saturated heterocycles. The molecule has 31 heavy (non-hydrogen) atoms. The van der Waals surface area contributed by atoms with Crippen molar-refractivity contribution in [1.29, 1.82) is 0 Å². The van der Waals surface area contributed by atoms with Gasteiger partial charge in [0.25, 0.3) is 5.91 Å². The third-order valence-electron chi connectivity index (χ3n) is 6.37. The van der Waals surface area contributed by atoms with E-state index in [2.05, 4.69) is 5.32 Å². The summed E-state index contributed by atoms with van der Waals surface area (Å²) in [6.45, 7) is 3.38. The lowest BCUT2D eigenvalue weighted by Crippen LogP contribution is -2.46. The molecule has 0 saturated carbocycles. The highest BCUT2D eigenvalue weighted by molar-refractivity contribution is 6.11. The van der Waals surface area contributed by atoms with Gasteiger partial charge in [0, 0.05) is 11.7 Å². The van der Waals surface area contributed by atoms with Gasteiger partial charge in [0.1, 0.15) is 12.1 Å². The fourth-order valence-corrected chi connectivity index (χ4v) is 4.69. The average Bonchev–Trinajstić information content (AvgIpc) is 3.22. The maximum Gasteiger partial charge on any atom is 0.325 e. The number of hydrogen-bond donors (Lipinski definition) is 1. The highest BCUT2D eigenvalue weighted by Gasteiger charge is 2.50. The monoisotopic (exact) mass is 413 g/mol. The number of nitrogens with zero attached hydrogens (tertiary/aromatic N) is 2. The predicted octanol–water partition coefficient (Wildman–Crippen LogP) is 3.58. The van der Waals surface area contributed by atoms with Crippen molar-refractivity contribution in [2.24, 2.45) is 0 Å². The molecule has 0 spiro atoms. The lowest BCUT2D eigenvalue weighted by molar-refractivity contribution is -0.134. The Bertz CT molecular complexity index is 1240. The molecule has 2 aliphatic rings. The molecule has 0 aromatic heterocycles. The predicted molar refractivity (Wildman–Crippen MR) is 119 cm³/mol. The van der Waals surface area contributed by atoms with E-state index in [4.69, 9.17) is 0 Å². The van der Waals surface area contributed by atoms with Gasteiger partial charge in [-0.2, -0.15) is 0 Å². The molecular weight excluding hydrogens is 390 g/mol. The van der Waals surface area contributed by atoms with Crippen molar-refractivity contribution in [3.63, 3.8) is 0 Å². The van der Waals surface area contributed by atoms with E-state index in [1.54, 1.807) is 11.8 Å². The topological polar surface area (TPSA) is 69.7 Å². The van der Waals surface area contributed by atoms with Crippen molar-refractivity contribution in [3.8, 4) is 0 Å². The standard InChI is InChI=1S/C25H23N3O3/c1-16-13-19-9-5-6-10-21(19)28(16)22(29)15-27-23(30)25(2,26-24(27)31)20-12-11-17-7-3-4-8-18(17)14-20/h3-12,14,16H,13,15H2,1-2H3,(H,26,31). The summed E-state index contributed by atoms with van der Waals surface area (Å²) in [7, 11) is 0. The van der Waals surface area contributed by atoms with E-state index in [-0.39, 0.29) is 18.5 Å². The molecule has 3 aromatic carbocycles. The van der Waals surface area contributed by atoms with Crippen molar-refractivity contribution in [2.75, 3.05) is 11.4 Å². The quantitative estimate of drug-likeness (QED) is 0.667. The summed E-state index contributed by atoms with van der Waals surface area (Å²) in [5, 5.41) is 4.85. The van der Waals surface area contributed by atoms with Gasteiger partial charge >= 0.3 is 6.03 Å². The van der Waals surface area contributed by atoms with Crippen molar-refractivity contribution in [3.05, 3.63) is 77.9 Å². The normalized spacial score (nSPS) is 22.7. The number of para-hydroxylation sites is 1. The van der Waals surface area contributed by atoms with Crippen molar-refractivity contribution >= 4 is 34.3 Å². The molecule has 1 N–H and O–H groups in total. The smallest absolute Gasteiger partial charge is 0.319 e. The third-order valence-corrected chi connectivity index (χ3v) is 6.37. The molecule has 156 valence electrons. The number of anilines is 1. The molecule has 2 aliphatic heterocycles. The minimum atomic E-state index is -1.21. The zero-order chi connectivity index (χ0) is 21.8. The summed E-state index contributed by atoms with van der Waals surface area (Å²) in [5.41, 5.74) is 1.43. The molecule has 2 atom stereocenters. The zero-order valence-electron chi connectivity index (χ0n) is 17.5. The van der Waals surface area contributed by atoms with E-state index >= 15 is 0 Å². The Balaban J connectivity index is 1.42. The number of carbonyl (C=O) groups excluding carboxylic acids is 3. The maximum absolute atomic E-state index is 13.3. The van der Waals surface area contributed by atoms with E-state index < -0.39 is 17.5 Å². The van der Waals surface area contributed by atoms with E-state index in [9.17, 15) is 14.4 Å². The Hall–Kier alpha value is -3.67. The van der Waals surface area contributed by atoms with Crippen LogP contribution < -0.4 is 10.2 Å². The Morgan fingerprint density at radius 1 is 1.03 bits per heavy atom. The van der Waals surface area contributed by atoms with Gasteiger partial charge < -0.3 is 10.2 Å². The minimum Gasteiger partial charge on any atom is -0.319 e. The zero-order valence-corrected chi connectivity index (χ0v) is 17.5. The van der Waals surface area contributed by atoms with Crippen molar-refractivity contribution in [2.45, 2.75) is 31.8 Å². The number of nitrogens with one attached hydrogen (secondary N) is 1. The first-order chi connectivity index (χ1) is 14.9. The third kappa shape index (κ3) is 2.98. The van der Waals surface area contributed by atoms with Crippen LogP contribution >= 0.6 is 0 Å². The summed E-state index contributed by atoms with van der Waals surface area (Å²) in [6.07, 6.45) is 0.761. The van der Waals surface area contributed by atoms with Crippen LogP contribution in [0.2, 0.25) is 0 Å². The number of benzene rings is 3. The van der Waals surface area contributed by atoms with Crippen LogP contribution in [0.15, 0.2) is 66.7 Å². The molecule has 4 amide bonds. The number of urea groups is 1. The van der Waals surface area contributed by atoms with Crippen LogP contribution in [0, 0.1) is 0 Å². The molecule has 0 radical (unpaired) electrons. The number of rotatable bonds is 3. The fourth-order valence-electron chi connectivity index (χ4n) is 4.69. The Kier molecular flexibility index (Phi) is 4.32. The SMILES string of the molecule is CC1Cc2ccccc2N1C(=O)CN1C(=O)NC(C)(c2ccc3ccccc3c2)C1=O. The molecular formula is C25H23N3O3. The van der Waals surface area contributed by atoms with Gasteiger partial charge in [0.15, 0.2) is 0 Å². The largest absolute Gasteiger partial charge is 0.325 e. The van der Waals surface area contributed by atoms with Crippen molar-refractivity contribution in [1.82, 2.24) is 10.2 Å². The van der Waals surface area contributed by atoms with Gasteiger partial charge in [0.05, 0.1) is 0 Å². The molecule has 1 fully saturated rings. The van der Waals surface area contributed by atoms with Crippen molar-refractivity contribution < 1.29 is 14.4 Å². The highest BCUT2D eigenvalue weighted by atomic mass is 16.2. The van der Waals surface area contributed by atoms with Crippen LogP contribution in [0.5, 0.6) is 0 Å². The van der Waals surface area contributed by atoms with Gasteiger partial charge in [0.2, 0.25) is 5.91 Å². The van der Waals surface area contributed by atoms with E-state index in [1.807, 2.05) is 73.7 Å². The second kappa shape index (κ2) is 6.94. The number of fused-ring (bicyclic) bond motifs is 2. The first-order valence-electron chi connectivity index (χ1n) is 10.4. The molecule has 6 nitrogen and oxygen atoms in total. The van der Waals surface area contributed by atoms with E-state index in [0.717, 1.165) is 33.3 Å². The first kappa shape index (κ1) is 19.3. The summed E-state index contributed by atoms with van der Waals surface area (Å²) in [5.74, 6) is -0.676. The number of imide groups is 1. The van der Waals surface area contributed by atoms with E-state index in [1.165, 1.54) is 0 Å². The number of carbonyl (C=O) groups is 3. The Morgan fingerprint density at radius 3 is 2.55 bits per heavy atom. The first-order valence-corrected chi connectivity index (χ1v) is 10.4. The molecule has 2 heterocycles. The lowest BCUT2D eigenvalue weighted by atomic mass is 9.90. The summed E-state index contributed by atoms with van der Waals surface area (Å²) >= 11 is 0. The summed E-state index contributed by atoms with van der Waals surface area (Å²) in [6, 6.07) is 20.7. The van der Waals surface area contributed by atoms with E-state index in [0.29, 0.717) is 5.56 Å². The molecule has 6 heteroatoms. The summed E-state index contributed by atoms with van der Waals surface area (Å²) < 4.78 is 0. The van der Waals surface area contributed by atoms with Gasteiger partial charge in [-0.3, -0.25) is 14.5 Å². The number of amides is 4. The van der Waals surface area contributed by atoms with Crippen LogP contribution in [-0.4, -0.2) is 35.3 Å². The lowest BCUT2D eigenvalue weighted by Gasteiger charge is -2.26. The van der Waals surface area contributed by atoms with Gasteiger partial charge in [-0.05, 0) is 54.3 Å². The molecule has 0 aliphatic carbocycles. The second-order valence-electron chi connectivity index (χ2n) is 8.45. The maximum atomic E-state index is 13.3. The average molecular weight is 413 g/mol. The molecule has 0 bridgehead atoms. The van der Waals surface area contributed by atoms with Crippen LogP contribution in [0.25, 0.3) is 10.8 Å². The molecule has 3 aromatic rings.